The van der Waals surface area contributed by atoms with Crippen LogP contribution in [0.25, 0.3) is 11.0 Å². The minimum absolute atomic E-state index is 0.0131. The Morgan fingerprint density at radius 2 is 1.83 bits per heavy atom. The molecule has 0 saturated carbocycles. The van der Waals surface area contributed by atoms with Crippen LogP contribution < -0.4 is 15.1 Å². The Balaban J connectivity index is 1.25. The number of hydrogen-bond acceptors (Lipinski definition) is 6. The molecular formula is C38H46N6O4. The highest BCUT2D eigenvalue weighted by molar-refractivity contribution is 6.02. The van der Waals surface area contributed by atoms with Gasteiger partial charge in [0.15, 0.2) is 0 Å². The molecule has 7 rings (SSSR count). The summed E-state index contributed by atoms with van der Waals surface area (Å²) in [5.74, 6) is 0.174. The summed E-state index contributed by atoms with van der Waals surface area (Å²) in [6, 6.07) is 24.1. The van der Waals surface area contributed by atoms with Crippen molar-refractivity contribution >= 4 is 34.4 Å². The first-order valence-corrected chi connectivity index (χ1v) is 17.5. The number of likely N-dealkylation sites (tertiary alicyclic amines) is 1. The quantitative estimate of drug-likeness (QED) is 0.184. The van der Waals surface area contributed by atoms with Crippen molar-refractivity contribution in [3.05, 3.63) is 89.7 Å². The van der Waals surface area contributed by atoms with Gasteiger partial charge in [-0.25, -0.2) is 9.78 Å². The maximum absolute atomic E-state index is 14.8. The van der Waals surface area contributed by atoms with Gasteiger partial charge in [0, 0.05) is 43.6 Å². The largest absolute Gasteiger partial charge is 0.465 e. The topological polar surface area (TPSA) is 114 Å². The number of aromatic amines is 1. The molecular weight excluding hydrogens is 604 g/mol. The molecule has 0 spiro atoms. The Labute approximate surface area is 282 Å². The number of piperidine rings is 1. The molecule has 2 fully saturated rings. The van der Waals surface area contributed by atoms with Gasteiger partial charge in [-0.3, -0.25) is 4.79 Å². The van der Waals surface area contributed by atoms with Crippen LogP contribution in [0.15, 0.2) is 72.8 Å². The van der Waals surface area contributed by atoms with E-state index >= 15 is 0 Å². The average molecular weight is 651 g/mol. The molecule has 4 atom stereocenters. The van der Waals surface area contributed by atoms with Gasteiger partial charge in [0.1, 0.15) is 11.7 Å². The number of amides is 2. The number of imidazole rings is 1. The fourth-order valence-electron chi connectivity index (χ4n) is 7.91. The van der Waals surface area contributed by atoms with E-state index in [4.69, 9.17) is 9.72 Å². The lowest BCUT2D eigenvalue weighted by atomic mass is 9.83. The summed E-state index contributed by atoms with van der Waals surface area (Å²) in [6.07, 6.45) is 3.80. The molecule has 4 heterocycles. The van der Waals surface area contributed by atoms with Crippen LogP contribution in [0.5, 0.6) is 0 Å². The highest BCUT2D eigenvalue weighted by atomic mass is 16.5. The number of nitrogens with zero attached hydrogens (tertiary/aromatic N) is 4. The van der Waals surface area contributed by atoms with Crippen molar-refractivity contribution in [2.45, 2.75) is 63.6 Å². The summed E-state index contributed by atoms with van der Waals surface area (Å²) in [5, 5.41) is 13.9. The minimum Gasteiger partial charge on any atom is -0.465 e. The summed E-state index contributed by atoms with van der Waals surface area (Å²) >= 11 is 0. The standard InChI is InChI=1S/C38H46N6O4/c1-2-3-14-32-27(12-9-18-43(32)38(46)47)24-39-35-29-13-7-8-15-33(29)44(25-26-10-5-4-6-11-26)37(45)34(35)36-40-30-17-16-28(23-31(30)41-36)42-19-21-48-22-20-42/h4-8,10-11,13,15-17,23,27,32,34-35,39H,2-3,9,12,14,18-22,24-25H2,1H3,(H,40,41)(H,46,47). The van der Waals surface area contributed by atoms with Crippen LogP contribution in [0.3, 0.4) is 0 Å². The molecule has 1 aromatic heterocycles. The van der Waals surface area contributed by atoms with Gasteiger partial charge in [-0.15, -0.1) is 0 Å². The summed E-state index contributed by atoms with van der Waals surface area (Å²) in [5.41, 5.74) is 5.83. The van der Waals surface area contributed by atoms with Crippen molar-refractivity contribution in [3.8, 4) is 0 Å². The number of benzene rings is 3. The molecule has 48 heavy (non-hydrogen) atoms. The highest BCUT2D eigenvalue weighted by Gasteiger charge is 2.44. The Morgan fingerprint density at radius 3 is 2.62 bits per heavy atom. The molecule has 10 heteroatoms. The molecule has 3 aliphatic rings. The van der Waals surface area contributed by atoms with Crippen LogP contribution in [0, 0.1) is 5.92 Å². The number of ether oxygens (including phenoxy) is 1. The van der Waals surface area contributed by atoms with Crippen LogP contribution in [0.2, 0.25) is 0 Å². The van der Waals surface area contributed by atoms with Crippen LogP contribution in [-0.2, 0) is 16.1 Å². The predicted octanol–water partition coefficient (Wildman–Crippen LogP) is 6.31. The van der Waals surface area contributed by atoms with Gasteiger partial charge in [-0.05, 0) is 60.6 Å². The second kappa shape index (κ2) is 14.4. The number of aromatic nitrogens is 2. The van der Waals surface area contributed by atoms with E-state index in [1.165, 1.54) is 0 Å². The van der Waals surface area contributed by atoms with Crippen LogP contribution >= 0.6 is 0 Å². The zero-order chi connectivity index (χ0) is 33.0. The van der Waals surface area contributed by atoms with Gasteiger partial charge in [-0.1, -0.05) is 68.3 Å². The maximum atomic E-state index is 14.8. The number of para-hydroxylation sites is 1. The third kappa shape index (κ3) is 6.51. The number of unbranched alkanes of at least 4 members (excludes halogenated alkanes) is 1. The number of anilines is 2. The molecule has 3 N–H and O–H groups in total. The van der Waals surface area contributed by atoms with E-state index in [0.717, 1.165) is 78.7 Å². The van der Waals surface area contributed by atoms with Gasteiger partial charge in [0.2, 0.25) is 5.91 Å². The SMILES string of the molecule is CCCCC1C(CNC2c3ccccc3N(Cc3ccccc3)C(=O)C2c2nc3ccc(N4CCOCC4)cc3[nH]2)CCCN1C(=O)O. The van der Waals surface area contributed by atoms with Gasteiger partial charge in [0.25, 0.3) is 0 Å². The molecule has 2 saturated heterocycles. The van der Waals surface area contributed by atoms with Crippen molar-refractivity contribution in [1.29, 1.82) is 0 Å². The predicted molar refractivity (Wildman–Crippen MR) is 187 cm³/mol. The van der Waals surface area contributed by atoms with Gasteiger partial charge < -0.3 is 34.8 Å². The smallest absolute Gasteiger partial charge is 0.407 e. The van der Waals surface area contributed by atoms with Crippen LogP contribution in [0.1, 0.15) is 67.9 Å². The maximum Gasteiger partial charge on any atom is 0.407 e. The second-order valence-electron chi connectivity index (χ2n) is 13.3. The molecule has 2 amide bonds. The lowest BCUT2D eigenvalue weighted by Gasteiger charge is -2.43. The van der Waals surface area contributed by atoms with E-state index < -0.39 is 12.0 Å². The second-order valence-corrected chi connectivity index (χ2v) is 13.3. The van der Waals surface area contributed by atoms with Crippen molar-refractivity contribution in [2.24, 2.45) is 5.92 Å². The van der Waals surface area contributed by atoms with Crippen molar-refractivity contribution in [2.75, 3.05) is 49.2 Å². The Bertz CT molecular complexity index is 1720. The normalized spacial score (nSPS) is 23.0. The molecule has 0 radical (unpaired) electrons. The lowest BCUT2D eigenvalue weighted by molar-refractivity contribution is -0.121. The number of nitrogens with one attached hydrogen (secondary N) is 2. The Hall–Kier alpha value is -4.41. The number of morpholine rings is 1. The van der Waals surface area contributed by atoms with Gasteiger partial charge in [-0.2, -0.15) is 0 Å². The van der Waals surface area contributed by atoms with Crippen LogP contribution in [-0.4, -0.2) is 77.4 Å². The van der Waals surface area contributed by atoms with E-state index in [1.807, 2.05) is 47.4 Å². The summed E-state index contributed by atoms with van der Waals surface area (Å²) < 4.78 is 5.56. The molecule has 4 aromatic rings. The number of fused-ring (bicyclic) bond motifs is 2. The third-order valence-electron chi connectivity index (χ3n) is 10.4. The highest BCUT2D eigenvalue weighted by Crippen LogP contribution is 2.44. The molecule has 252 valence electrons. The van der Waals surface area contributed by atoms with E-state index in [1.54, 1.807) is 4.90 Å². The molecule has 10 nitrogen and oxygen atoms in total. The molecule has 0 bridgehead atoms. The fourth-order valence-corrected chi connectivity index (χ4v) is 7.91. The summed E-state index contributed by atoms with van der Waals surface area (Å²) in [4.78, 5) is 41.6. The zero-order valence-electron chi connectivity index (χ0n) is 27.7. The fraction of sp³-hybridized carbons (Fsp3) is 0.447. The molecule has 3 aromatic carbocycles. The number of carbonyl (C=O) groups excluding carboxylic acids is 1. The van der Waals surface area contributed by atoms with Crippen LogP contribution in [0.4, 0.5) is 16.2 Å². The number of rotatable bonds is 10. The monoisotopic (exact) mass is 650 g/mol. The third-order valence-corrected chi connectivity index (χ3v) is 10.4. The Morgan fingerprint density at radius 1 is 1.04 bits per heavy atom. The minimum atomic E-state index is -0.841. The number of carboxylic acid groups (broad SMARTS) is 1. The first-order valence-electron chi connectivity index (χ1n) is 17.5. The van der Waals surface area contributed by atoms with E-state index in [9.17, 15) is 14.7 Å². The first-order chi connectivity index (χ1) is 23.5. The van der Waals surface area contributed by atoms with Gasteiger partial charge >= 0.3 is 6.09 Å². The van der Waals surface area contributed by atoms with E-state index in [-0.39, 0.29) is 23.9 Å². The zero-order valence-corrected chi connectivity index (χ0v) is 27.7. The van der Waals surface area contributed by atoms with Gasteiger partial charge in [0.05, 0.1) is 36.8 Å². The number of H-pyrrole nitrogens is 1. The Kier molecular flexibility index (Phi) is 9.63. The summed E-state index contributed by atoms with van der Waals surface area (Å²) in [6.45, 7) is 6.88. The van der Waals surface area contributed by atoms with Crippen molar-refractivity contribution < 1.29 is 19.4 Å². The average Bonchev–Trinajstić information content (AvgIpc) is 3.55. The van der Waals surface area contributed by atoms with Crippen molar-refractivity contribution in [1.82, 2.24) is 20.2 Å². The molecule has 3 aliphatic heterocycles. The number of carbonyl (C=O) groups is 2. The lowest BCUT2D eigenvalue weighted by Crippen LogP contribution is -2.52. The first kappa shape index (κ1) is 32.2. The summed E-state index contributed by atoms with van der Waals surface area (Å²) in [7, 11) is 0. The van der Waals surface area contributed by atoms with E-state index in [2.05, 4.69) is 52.5 Å². The molecule has 0 aliphatic carbocycles. The number of hydrogen-bond donors (Lipinski definition) is 3. The van der Waals surface area contributed by atoms with E-state index in [0.29, 0.717) is 38.7 Å². The molecule has 4 unspecified atom stereocenters. The van der Waals surface area contributed by atoms with Crippen molar-refractivity contribution in [3.63, 3.8) is 0 Å².